The molecular formula is C20H22N2O3. The van der Waals surface area contributed by atoms with Gasteiger partial charge in [0, 0.05) is 24.3 Å². The average molecular weight is 338 g/mol. The van der Waals surface area contributed by atoms with Crippen molar-refractivity contribution in [2.75, 3.05) is 31.6 Å². The van der Waals surface area contributed by atoms with Crippen LogP contribution in [0.1, 0.15) is 28.9 Å². The molecule has 130 valence electrons. The van der Waals surface area contributed by atoms with Gasteiger partial charge >= 0.3 is 0 Å². The third-order valence-electron chi connectivity index (χ3n) is 4.33. The summed E-state index contributed by atoms with van der Waals surface area (Å²) < 4.78 is 5.41. The van der Waals surface area contributed by atoms with Gasteiger partial charge in [0.05, 0.1) is 13.2 Å². The van der Waals surface area contributed by atoms with Crippen LogP contribution in [0.25, 0.3) is 0 Å². The Bertz CT molecular complexity index is 722. The Kier molecular flexibility index (Phi) is 5.58. The van der Waals surface area contributed by atoms with Crippen LogP contribution in [-0.4, -0.2) is 42.9 Å². The predicted octanol–water partition coefficient (Wildman–Crippen LogP) is 2.90. The van der Waals surface area contributed by atoms with Gasteiger partial charge in [0.1, 0.15) is 6.04 Å². The topological polar surface area (TPSA) is 58.6 Å². The van der Waals surface area contributed by atoms with Gasteiger partial charge in [0.25, 0.3) is 0 Å². The first-order valence-corrected chi connectivity index (χ1v) is 8.44. The molecule has 1 saturated heterocycles. The highest BCUT2D eigenvalue weighted by atomic mass is 16.5. The van der Waals surface area contributed by atoms with Crippen LogP contribution in [0.2, 0.25) is 0 Å². The minimum absolute atomic E-state index is 0.00774. The van der Waals surface area contributed by atoms with Gasteiger partial charge in [-0.05, 0) is 36.8 Å². The van der Waals surface area contributed by atoms with Gasteiger partial charge in [-0.2, -0.15) is 0 Å². The monoisotopic (exact) mass is 338 g/mol. The lowest BCUT2D eigenvalue weighted by Gasteiger charge is -2.33. The van der Waals surface area contributed by atoms with Crippen molar-refractivity contribution in [2.24, 2.45) is 0 Å². The lowest BCUT2D eigenvalue weighted by molar-refractivity contribution is -0.123. The molecule has 1 amide bonds. The van der Waals surface area contributed by atoms with Crippen molar-refractivity contribution in [2.45, 2.75) is 13.0 Å². The second-order valence-corrected chi connectivity index (χ2v) is 6.08. The number of carbonyl (C=O) groups is 2. The molecule has 5 heteroatoms. The summed E-state index contributed by atoms with van der Waals surface area (Å²) in [6.07, 6.45) is 0. The minimum Gasteiger partial charge on any atom is -0.379 e. The van der Waals surface area contributed by atoms with Crippen LogP contribution in [0, 0.1) is 0 Å². The molecule has 0 bridgehead atoms. The summed E-state index contributed by atoms with van der Waals surface area (Å²) in [4.78, 5) is 26.5. The zero-order valence-corrected chi connectivity index (χ0v) is 14.3. The maximum Gasteiger partial charge on any atom is 0.246 e. The van der Waals surface area contributed by atoms with E-state index in [0.717, 1.165) is 18.7 Å². The van der Waals surface area contributed by atoms with Crippen molar-refractivity contribution >= 4 is 17.4 Å². The highest BCUT2D eigenvalue weighted by molar-refractivity contribution is 5.97. The van der Waals surface area contributed by atoms with Gasteiger partial charge in [0.2, 0.25) is 5.91 Å². The number of amides is 1. The van der Waals surface area contributed by atoms with E-state index in [1.807, 2.05) is 30.3 Å². The molecule has 0 radical (unpaired) electrons. The molecule has 25 heavy (non-hydrogen) atoms. The Balaban J connectivity index is 1.80. The number of anilines is 1. The molecule has 2 aromatic rings. The smallest absolute Gasteiger partial charge is 0.246 e. The molecule has 1 atom stereocenters. The van der Waals surface area contributed by atoms with Gasteiger partial charge in [0.15, 0.2) is 5.78 Å². The quantitative estimate of drug-likeness (QED) is 0.852. The predicted molar refractivity (Wildman–Crippen MR) is 96.7 cm³/mol. The number of ether oxygens (including phenoxy) is 1. The number of morpholine rings is 1. The van der Waals surface area contributed by atoms with E-state index in [4.69, 9.17) is 4.74 Å². The third kappa shape index (κ3) is 4.32. The van der Waals surface area contributed by atoms with E-state index in [9.17, 15) is 9.59 Å². The normalized spacial score (nSPS) is 16.2. The first-order valence-electron chi connectivity index (χ1n) is 8.44. The number of hydrogen-bond donors (Lipinski definition) is 1. The molecule has 1 heterocycles. The standard InChI is InChI=1S/C20H22N2O3/c1-15(23)16-7-9-18(10-8-16)21-20(24)19(17-5-3-2-4-6-17)22-11-13-25-14-12-22/h2-10,19H,11-14H2,1H3,(H,21,24)/t19-/m0/s1. The van der Waals surface area contributed by atoms with E-state index in [1.165, 1.54) is 6.92 Å². The molecule has 0 spiro atoms. The summed E-state index contributed by atoms with van der Waals surface area (Å²) in [5.41, 5.74) is 2.28. The van der Waals surface area contributed by atoms with Crippen molar-refractivity contribution in [3.8, 4) is 0 Å². The van der Waals surface area contributed by atoms with Gasteiger partial charge in [-0.3, -0.25) is 14.5 Å². The first-order chi connectivity index (χ1) is 12.1. The summed E-state index contributed by atoms with van der Waals surface area (Å²) in [5, 5.41) is 2.97. The maximum absolute atomic E-state index is 13.0. The summed E-state index contributed by atoms with van der Waals surface area (Å²) in [6.45, 7) is 4.22. The van der Waals surface area contributed by atoms with Gasteiger partial charge in [-0.1, -0.05) is 30.3 Å². The number of nitrogens with one attached hydrogen (secondary N) is 1. The lowest BCUT2D eigenvalue weighted by atomic mass is 10.0. The number of rotatable bonds is 5. The van der Waals surface area contributed by atoms with Crippen molar-refractivity contribution in [1.29, 1.82) is 0 Å². The average Bonchev–Trinajstić information content (AvgIpc) is 2.64. The SMILES string of the molecule is CC(=O)c1ccc(NC(=O)[C@H](c2ccccc2)N2CCOCC2)cc1. The van der Waals surface area contributed by atoms with E-state index in [1.54, 1.807) is 24.3 Å². The molecule has 0 aromatic heterocycles. The van der Waals surface area contributed by atoms with E-state index in [2.05, 4.69) is 10.2 Å². The van der Waals surface area contributed by atoms with Crippen LogP contribution in [0.4, 0.5) is 5.69 Å². The van der Waals surface area contributed by atoms with Crippen LogP contribution < -0.4 is 5.32 Å². The summed E-state index contributed by atoms with van der Waals surface area (Å²) in [7, 11) is 0. The summed E-state index contributed by atoms with van der Waals surface area (Å²) in [5.74, 6) is -0.0722. The van der Waals surface area contributed by atoms with Crippen molar-refractivity contribution < 1.29 is 14.3 Å². The number of hydrogen-bond acceptors (Lipinski definition) is 4. The van der Waals surface area contributed by atoms with Crippen LogP contribution in [0.5, 0.6) is 0 Å². The Morgan fingerprint density at radius 1 is 1.00 bits per heavy atom. The fourth-order valence-electron chi connectivity index (χ4n) is 3.00. The number of carbonyl (C=O) groups excluding carboxylic acids is 2. The van der Waals surface area contributed by atoms with E-state index in [-0.39, 0.29) is 17.7 Å². The maximum atomic E-state index is 13.0. The fraction of sp³-hybridized carbons (Fsp3) is 0.300. The molecule has 0 aliphatic carbocycles. The van der Waals surface area contributed by atoms with Crippen LogP contribution in [-0.2, 0) is 9.53 Å². The van der Waals surface area contributed by atoms with Crippen molar-refractivity contribution in [1.82, 2.24) is 4.90 Å². The highest BCUT2D eigenvalue weighted by Crippen LogP contribution is 2.24. The van der Waals surface area contributed by atoms with Gasteiger partial charge in [-0.15, -0.1) is 0 Å². The van der Waals surface area contributed by atoms with Crippen LogP contribution in [0.3, 0.4) is 0 Å². The lowest BCUT2D eigenvalue weighted by Crippen LogP contribution is -2.43. The van der Waals surface area contributed by atoms with Crippen LogP contribution in [0.15, 0.2) is 54.6 Å². The molecule has 1 fully saturated rings. The number of benzene rings is 2. The first kappa shape index (κ1) is 17.3. The second-order valence-electron chi connectivity index (χ2n) is 6.08. The number of Topliss-reactive ketones (excluding diaryl/α,β-unsaturated/α-hetero) is 1. The Labute approximate surface area is 147 Å². The van der Waals surface area contributed by atoms with Crippen LogP contribution >= 0.6 is 0 Å². The van der Waals surface area contributed by atoms with E-state index in [0.29, 0.717) is 24.5 Å². The Hall–Kier alpha value is -2.50. The molecule has 1 aliphatic heterocycles. The zero-order chi connectivity index (χ0) is 17.6. The highest BCUT2D eigenvalue weighted by Gasteiger charge is 2.29. The molecule has 0 saturated carbocycles. The molecule has 5 nitrogen and oxygen atoms in total. The molecule has 3 rings (SSSR count). The number of ketones is 1. The number of nitrogens with zero attached hydrogens (tertiary/aromatic N) is 1. The fourth-order valence-corrected chi connectivity index (χ4v) is 3.00. The van der Waals surface area contributed by atoms with Gasteiger partial charge in [-0.25, -0.2) is 0 Å². The molecule has 1 aliphatic rings. The molecule has 1 N–H and O–H groups in total. The minimum atomic E-state index is -0.363. The van der Waals surface area contributed by atoms with E-state index < -0.39 is 0 Å². The van der Waals surface area contributed by atoms with Crippen molar-refractivity contribution in [3.63, 3.8) is 0 Å². The van der Waals surface area contributed by atoms with Gasteiger partial charge < -0.3 is 10.1 Å². The Morgan fingerprint density at radius 2 is 1.64 bits per heavy atom. The largest absolute Gasteiger partial charge is 0.379 e. The third-order valence-corrected chi connectivity index (χ3v) is 4.33. The Morgan fingerprint density at radius 3 is 2.24 bits per heavy atom. The summed E-state index contributed by atoms with van der Waals surface area (Å²) >= 11 is 0. The molecule has 0 unspecified atom stereocenters. The zero-order valence-electron chi connectivity index (χ0n) is 14.3. The molecular weight excluding hydrogens is 316 g/mol. The van der Waals surface area contributed by atoms with E-state index >= 15 is 0 Å². The second kappa shape index (κ2) is 8.05. The van der Waals surface area contributed by atoms with Crippen molar-refractivity contribution in [3.05, 3.63) is 65.7 Å². The summed E-state index contributed by atoms with van der Waals surface area (Å²) in [6, 6.07) is 16.4. The molecule has 2 aromatic carbocycles.